The van der Waals surface area contributed by atoms with Crippen LogP contribution < -0.4 is 5.73 Å². The Bertz CT molecular complexity index is 473. The first-order chi connectivity index (χ1) is 6.18. The number of aromatic amines is 1. The van der Waals surface area contributed by atoms with Gasteiger partial charge in [-0.25, -0.2) is 4.79 Å². The number of carboxylic acid groups (broad SMARTS) is 1. The Balaban J connectivity index is 2.75. The van der Waals surface area contributed by atoms with Crippen molar-refractivity contribution in [1.29, 1.82) is 0 Å². The number of H-pyrrole nitrogens is 1. The van der Waals surface area contributed by atoms with E-state index in [0.29, 0.717) is 11.2 Å². The van der Waals surface area contributed by atoms with E-state index in [-0.39, 0.29) is 5.69 Å². The van der Waals surface area contributed by atoms with Crippen molar-refractivity contribution < 1.29 is 9.90 Å². The van der Waals surface area contributed by atoms with Crippen LogP contribution in [0.2, 0.25) is 0 Å². The number of anilines is 1. The highest BCUT2D eigenvalue weighted by Crippen LogP contribution is 2.20. The summed E-state index contributed by atoms with van der Waals surface area (Å²) in [6.07, 6.45) is 0. The molecule has 0 saturated carbocycles. The topological polar surface area (TPSA) is 79.1 Å². The molecule has 0 amide bonds. The van der Waals surface area contributed by atoms with E-state index in [1.54, 1.807) is 18.2 Å². The van der Waals surface area contributed by atoms with Crippen molar-refractivity contribution in [3.05, 3.63) is 30.0 Å². The lowest BCUT2D eigenvalue weighted by atomic mass is 10.2. The quantitative estimate of drug-likeness (QED) is 0.575. The van der Waals surface area contributed by atoms with Gasteiger partial charge in [-0.15, -0.1) is 0 Å². The Hall–Kier alpha value is -1.97. The van der Waals surface area contributed by atoms with Gasteiger partial charge >= 0.3 is 5.97 Å². The van der Waals surface area contributed by atoms with Crippen molar-refractivity contribution in [2.75, 3.05) is 5.73 Å². The number of nitrogens with one attached hydrogen (secondary N) is 1. The zero-order chi connectivity index (χ0) is 9.42. The molecule has 1 aromatic carbocycles. The average molecular weight is 176 g/mol. The Kier molecular flexibility index (Phi) is 1.48. The van der Waals surface area contributed by atoms with E-state index in [0.717, 1.165) is 5.39 Å². The molecule has 0 aliphatic rings. The molecule has 0 spiro atoms. The molecule has 0 radical (unpaired) electrons. The first-order valence-corrected chi connectivity index (χ1v) is 3.79. The number of fused-ring (bicyclic) bond motifs is 1. The molecule has 1 heterocycles. The largest absolute Gasteiger partial charge is 0.477 e. The van der Waals surface area contributed by atoms with Gasteiger partial charge in [-0.1, -0.05) is 12.1 Å². The van der Waals surface area contributed by atoms with Crippen LogP contribution in [0.15, 0.2) is 24.3 Å². The predicted octanol–water partition coefficient (Wildman–Crippen LogP) is 1.45. The molecule has 2 rings (SSSR count). The number of carboxylic acids is 1. The highest BCUT2D eigenvalue weighted by atomic mass is 16.4. The van der Waals surface area contributed by atoms with Gasteiger partial charge in [0.1, 0.15) is 5.69 Å². The van der Waals surface area contributed by atoms with Crippen LogP contribution in [-0.4, -0.2) is 16.1 Å². The first-order valence-electron chi connectivity index (χ1n) is 3.79. The van der Waals surface area contributed by atoms with Gasteiger partial charge in [0, 0.05) is 5.39 Å². The lowest BCUT2D eigenvalue weighted by Crippen LogP contribution is -1.95. The lowest BCUT2D eigenvalue weighted by Gasteiger charge is -1.93. The predicted molar refractivity (Wildman–Crippen MR) is 49.7 cm³/mol. The SMILES string of the molecule is Nc1cccc2cc(C(=O)O)[nH]c12. The summed E-state index contributed by atoms with van der Waals surface area (Å²) in [5, 5.41) is 9.52. The first kappa shape index (κ1) is 7.67. The van der Waals surface area contributed by atoms with Gasteiger partial charge in [-0.2, -0.15) is 0 Å². The molecule has 0 fully saturated rings. The van der Waals surface area contributed by atoms with E-state index in [1.165, 1.54) is 0 Å². The fraction of sp³-hybridized carbons (Fsp3) is 0. The van der Waals surface area contributed by atoms with Gasteiger partial charge in [-0.3, -0.25) is 0 Å². The number of nitrogen functional groups attached to an aromatic ring is 1. The molecule has 4 heteroatoms. The molecule has 1 aromatic heterocycles. The molecule has 13 heavy (non-hydrogen) atoms. The summed E-state index contributed by atoms with van der Waals surface area (Å²) < 4.78 is 0. The van der Waals surface area contributed by atoms with Crippen LogP contribution in [0.3, 0.4) is 0 Å². The van der Waals surface area contributed by atoms with E-state index >= 15 is 0 Å². The minimum Gasteiger partial charge on any atom is -0.477 e. The second kappa shape index (κ2) is 2.52. The maximum absolute atomic E-state index is 10.6. The smallest absolute Gasteiger partial charge is 0.352 e. The highest BCUT2D eigenvalue weighted by Gasteiger charge is 2.07. The van der Waals surface area contributed by atoms with Crippen LogP contribution in [-0.2, 0) is 0 Å². The fourth-order valence-corrected chi connectivity index (χ4v) is 1.29. The van der Waals surface area contributed by atoms with Crippen molar-refractivity contribution in [2.45, 2.75) is 0 Å². The molecule has 4 nitrogen and oxygen atoms in total. The molecule has 66 valence electrons. The van der Waals surface area contributed by atoms with Crippen molar-refractivity contribution >= 4 is 22.6 Å². The van der Waals surface area contributed by atoms with Crippen molar-refractivity contribution in [1.82, 2.24) is 4.98 Å². The number of aromatic nitrogens is 1. The third-order valence-corrected chi connectivity index (χ3v) is 1.92. The summed E-state index contributed by atoms with van der Waals surface area (Å²) in [6.45, 7) is 0. The third-order valence-electron chi connectivity index (χ3n) is 1.92. The highest BCUT2D eigenvalue weighted by molar-refractivity contribution is 5.97. The summed E-state index contributed by atoms with van der Waals surface area (Å²) in [4.78, 5) is 13.3. The number of benzene rings is 1. The fourth-order valence-electron chi connectivity index (χ4n) is 1.29. The molecule has 0 atom stereocenters. The Morgan fingerprint density at radius 2 is 2.23 bits per heavy atom. The molecule has 4 N–H and O–H groups in total. The van der Waals surface area contributed by atoms with Gasteiger partial charge in [0.05, 0.1) is 11.2 Å². The van der Waals surface area contributed by atoms with Gasteiger partial charge in [0.2, 0.25) is 0 Å². The standard InChI is InChI=1S/C9H8N2O2/c10-6-3-1-2-5-4-7(9(12)13)11-8(5)6/h1-4,11H,10H2,(H,12,13). The van der Waals surface area contributed by atoms with Crippen LogP contribution in [0.5, 0.6) is 0 Å². The maximum atomic E-state index is 10.6. The zero-order valence-electron chi connectivity index (χ0n) is 6.74. The zero-order valence-corrected chi connectivity index (χ0v) is 6.74. The summed E-state index contributed by atoms with van der Waals surface area (Å²) in [6, 6.07) is 6.89. The van der Waals surface area contributed by atoms with Crippen molar-refractivity contribution in [3.63, 3.8) is 0 Å². The number of carbonyl (C=O) groups is 1. The number of hydrogen-bond acceptors (Lipinski definition) is 2. The average Bonchev–Trinajstić information content (AvgIpc) is 2.49. The van der Waals surface area contributed by atoms with Gasteiger partial charge in [0.15, 0.2) is 0 Å². The molecule has 0 saturated heterocycles. The van der Waals surface area contributed by atoms with Crippen LogP contribution in [0.1, 0.15) is 10.5 Å². The molecular weight excluding hydrogens is 168 g/mol. The Labute approximate surface area is 74.0 Å². The molecule has 0 aliphatic carbocycles. The molecule has 0 bridgehead atoms. The minimum atomic E-state index is -0.976. The van der Waals surface area contributed by atoms with Crippen LogP contribution in [0.25, 0.3) is 10.9 Å². The maximum Gasteiger partial charge on any atom is 0.352 e. The molecule has 0 aliphatic heterocycles. The molecule has 0 unspecified atom stereocenters. The van der Waals surface area contributed by atoms with Crippen LogP contribution >= 0.6 is 0 Å². The number of aromatic carboxylic acids is 1. The van der Waals surface area contributed by atoms with E-state index < -0.39 is 5.97 Å². The Morgan fingerprint density at radius 3 is 2.85 bits per heavy atom. The molecule has 2 aromatic rings. The van der Waals surface area contributed by atoms with E-state index in [4.69, 9.17) is 10.8 Å². The second-order valence-electron chi connectivity index (χ2n) is 2.80. The summed E-state index contributed by atoms with van der Waals surface area (Å²) in [7, 11) is 0. The minimum absolute atomic E-state index is 0.160. The van der Waals surface area contributed by atoms with Crippen molar-refractivity contribution in [2.24, 2.45) is 0 Å². The summed E-state index contributed by atoms with van der Waals surface area (Å²) >= 11 is 0. The van der Waals surface area contributed by atoms with E-state index in [9.17, 15) is 4.79 Å². The second-order valence-corrected chi connectivity index (χ2v) is 2.80. The number of para-hydroxylation sites is 1. The van der Waals surface area contributed by atoms with Crippen LogP contribution in [0.4, 0.5) is 5.69 Å². The van der Waals surface area contributed by atoms with Gasteiger partial charge < -0.3 is 15.8 Å². The monoisotopic (exact) mass is 176 g/mol. The number of nitrogens with two attached hydrogens (primary N) is 1. The van der Waals surface area contributed by atoms with E-state index in [1.807, 2.05) is 6.07 Å². The number of hydrogen-bond donors (Lipinski definition) is 3. The lowest BCUT2D eigenvalue weighted by molar-refractivity contribution is 0.0691. The third kappa shape index (κ3) is 1.12. The summed E-state index contributed by atoms with van der Waals surface area (Å²) in [5.74, 6) is -0.976. The molecular formula is C9H8N2O2. The van der Waals surface area contributed by atoms with Crippen molar-refractivity contribution in [3.8, 4) is 0 Å². The normalized spacial score (nSPS) is 10.5. The summed E-state index contributed by atoms with van der Waals surface area (Å²) in [5.41, 5.74) is 7.05. The van der Waals surface area contributed by atoms with Crippen LogP contribution in [0, 0.1) is 0 Å². The van der Waals surface area contributed by atoms with E-state index in [2.05, 4.69) is 4.98 Å². The Morgan fingerprint density at radius 1 is 1.46 bits per heavy atom. The number of rotatable bonds is 1. The van der Waals surface area contributed by atoms with Gasteiger partial charge in [-0.05, 0) is 12.1 Å². The van der Waals surface area contributed by atoms with Gasteiger partial charge in [0.25, 0.3) is 0 Å².